The zero-order chi connectivity index (χ0) is 13.1. The lowest BCUT2D eigenvalue weighted by Crippen LogP contribution is -2.34. The lowest BCUT2D eigenvalue weighted by atomic mass is 10.1. The minimum absolute atomic E-state index is 0.366. The highest BCUT2D eigenvalue weighted by molar-refractivity contribution is 6.31. The van der Waals surface area contributed by atoms with Crippen molar-refractivity contribution in [2.24, 2.45) is 0 Å². The number of nitrogens with zero attached hydrogens (tertiary/aromatic N) is 2. The summed E-state index contributed by atoms with van der Waals surface area (Å²) in [6.07, 6.45) is 2.22. The largest absolute Gasteiger partial charge is 0.474 e. The highest BCUT2D eigenvalue weighted by Gasteiger charge is 2.16. The van der Waals surface area contributed by atoms with Crippen LogP contribution in [-0.2, 0) is 16.0 Å². The van der Waals surface area contributed by atoms with E-state index < -0.39 is 11.9 Å². The second-order valence-electron chi connectivity index (χ2n) is 4.04. The van der Waals surface area contributed by atoms with Crippen LogP contribution in [0.1, 0.15) is 5.56 Å². The first-order valence-corrected chi connectivity index (χ1v) is 5.48. The second kappa shape index (κ2) is 4.87. The molecule has 1 heterocycles. The van der Waals surface area contributed by atoms with Crippen LogP contribution in [-0.4, -0.2) is 45.4 Å². The van der Waals surface area contributed by atoms with Gasteiger partial charge < -0.3 is 15.0 Å². The van der Waals surface area contributed by atoms with Gasteiger partial charge in [-0.15, -0.1) is 0 Å². The molecule has 0 unspecified atom stereocenters. The van der Waals surface area contributed by atoms with Gasteiger partial charge in [0, 0.05) is 13.6 Å². The lowest BCUT2D eigenvalue weighted by Gasteiger charge is -2.14. The van der Waals surface area contributed by atoms with Crippen LogP contribution in [0.5, 0.6) is 0 Å². The molecule has 0 fully saturated rings. The number of carboxylic acid groups (broad SMARTS) is 1. The van der Waals surface area contributed by atoms with Gasteiger partial charge in [0.15, 0.2) is 0 Å². The number of fused-ring (bicyclic) bond motifs is 1. The first kappa shape index (κ1) is 12.1. The van der Waals surface area contributed by atoms with E-state index in [2.05, 4.69) is 9.97 Å². The summed E-state index contributed by atoms with van der Waals surface area (Å²) in [5, 5.41) is 8.56. The van der Waals surface area contributed by atoms with E-state index >= 15 is 0 Å². The topological polar surface area (TPSA) is 86.3 Å². The van der Waals surface area contributed by atoms with E-state index in [-0.39, 0.29) is 0 Å². The summed E-state index contributed by atoms with van der Waals surface area (Å²) < 4.78 is 0. The Morgan fingerprint density at radius 1 is 1.44 bits per heavy atom. The maximum Gasteiger partial charge on any atom is 0.394 e. The third-order valence-electron chi connectivity index (χ3n) is 2.75. The van der Waals surface area contributed by atoms with Gasteiger partial charge in [0.25, 0.3) is 0 Å². The maximum absolute atomic E-state index is 11.1. The van der Waals surface area contributed by atoms with Gasteiger partial charge in [0.1, 0.15) is 0 Å². The standard InChI is InChI=1S/C12H13N3O3/c1-15(11(16)12(17)18)5-4-8-2-3-9-10(6-8)14-7-13-9/h2-3,6-7H,4-5H2,1H3,(H,13,14)(H,17,18). The van der Waals surface area contributed by atoms with Crippen LogP contribution in [0.25, 0.3) is 11.0 Å². The number of carbonyl (C=O) groups is 2. The summed E-state index contributed by atoms with van der Waals surface area (Å²) in [5.74, 6) is -2.32. The third kappa shape index (κ3) is 2.48. The fourth-order valence-electron chi connectivity index (χ4n) is 1.70. The van der Waals surface area contributed by atoms with Crippen LogP contribution in [0.2, 0.25) is 0 Å². The van der Waals surface area contributed by atoms with Gasteiger partial charge in [-0.3, -0.25) is 4.79 Å². The molecule has 6 heteroatoms. The van der Waals surface area contributed by atoms with Crippen LogP contribution in [0.15, 0.2) is 24.5 Å². The average Bonchev–Trinajstić information content (AvgIpc) is 2.82. The molecule has 1 aromatic heterocycles. The Morgan fingerprint density at radius 2 is 2.22 bits per heavy atom. The van der Waals surface area contributed by atoms with Gasteiger partial charge in [-0.1, -0.05) is 6.07 Å². The molecule has 0 aliphatic carbocycles. The van der Waals surface area contributed by atoms with Gasteiger partial charge in [0.2, 0.25) is 0 Å². The molecular weight excluding hydrogens is 234 g/mol. The lowest BCUT2D eigenvalue weighted by molar-refractivity contribution is -0.155. The van der Waals surface area contributed by atoms with Crippen LogP contribution in [0.4, 0.5) is 0 Å². The molecule has 0 saturated carbocycles. The fraction of sp³-hybridized carbons (Fsp3) is 0.250. The highest BCUT2D eigenvalue weighted by atomic mass is 16.4. The predicted octanol–water partition coefficient (Wildman–Crippen LogP) is 0.648. The molecule has 0 aliphatic rings. The normalized spacial score (nSPS) is 10.5. The van der Waals surface area contributed by atoms with Gasteiger partial charge >= 0.3 is 11.9 Å². The van der Waals surface area contributed by atoms with E-state index in [9.17, 15) is 9.59 Å². The molecule has 94 valence electrons. The number of rotatable bonds is 3. The first-order chi connectivity index (χ1) is 8.58. The number of aromatic amines is 1. The molecule has 0 aliphatic heterocycles. The summed E-state index contributed by atoms with van der Waals surface area (Å²) in [6.45, 7) is 0.366. The van der Waals surface area contributed by atoms with Gasteiger partial charge in [0.05, 0.1) is 17.4 Å². The van der Waals surface area contributed by atoms with Gasteiger partial charge in [-0.25, -0.2) is 9.78 Å². The number of hydrogen-bond acceptors (Lipinski definition) is 3. The van der Waals surface area contributed by atoms with Crippen molar-refractivity contribution in [3.05, 3.63) is 30.1 Å². The van der Waals surface area contributed by atoms with E-state index in [1.807, 2.05) is 18.2 Å². The van der Waals surface area contributed by atoms with Crippen molar-refractivity contribution in [2.45, 2.75) is 6.42 Å². The summed E-state index contributed by atoms with van der Waals surface area (Å²) in [6, 6.07) is 5.75. The minimum Gasteiger partial charge on any atom is -0.474 e. The van der Waals surface area contributed by atoms with Gasteiger partial charge in [-0.2, -0.15) is 0 Å². The number of aliphatic carboxylic acids is 1. The zero-order valence-corrected chi connectivity index (χ0v) is 9.88. The SMILES string of the molecule is CN(CCc1ccc2nc[nH]c2c1)C(=O)C(=O)O. The number of H-pyrrole nitrogens is 1. The smallest absolute Gasteiger partial charge is 0.394 e. The van der Waals surface area contributed by atoms with Crippen LogP contribution in [0.3, 0.4) is 0 Å². The Balaban J connectivity index is 2.01. The molecule has 18 heavy (non-hydrogen) atoms. The summed E-state index contributed by atoms with van der Waals surface area (Å²) in [4.78, 5) is 29.9. The van der Waals surface area contributed by atoms with Crippen LogP contribution in [0, 0.1) is 0 Å². The van der Waals surface area contributed by atoms with E-state index in [0.29, 0.717) is 13.0 Å². The summed E-state index contributed by atoms with van der Waals surface area (Å²) >= 11 is 0. The molecule has 0 spiro atoms. The number of hydrogen-bond donors (Lipinski definition) is 2. The zero-order valence-electron chi connectivity index (χ0n) is 9.88. The predicted molar refractivity (Wildman–Crippen MR) is 65.1 cm³/mol. The summed E-state index contributed by atoms with van der Waals surface area (Å²) in [5.41, 5.74) is 2.84. The minimum atomic E-state index is -1.43. The van der Waals surface area contributed by atoms with E-state index in [1.54, 1.807) is 6.33 Å². The fourth-order valence-corrected chi connectivity index (χ4v) is 1.70. The maximum atomic E-state index is 11.1. The van der Waals surface area contributed by atoms with Crippen LogP contribution >= 0.6 is 0 Å². The van der Waals surface area contributed by atoms with Crippen molar-refractivity contribution in [1.82, 2.24) is 14.9 Å². The molecule has 1 aromatic carbocycles. The van der Waals surface area contributed by atoms with E-state index in [0.717, 1.165) is 16.6 Å². The molecule has 6 nitrogen and oxygen atoms in total. The molecular formula is C12H13N3O3. The quantitative estimate of drug-likeness (QED) is 0.780. The Bertz CT molecular complexity index is 591. The number of carbonyl (C=O) groups excluding carboxylic acids is 1. The molecule has 2 rings (SSSR count). The molecule has 1 amide bonds. The monoisotopic (exact) mass is 247 g/mol. The van der Waals surface area contributed by atoms with Crippen molar-refractivity contribution < 1.29 is 14.7 Å². The number of aromatic nitrogens is 2. The molecule has 0 radical (unpaired) electrons. The van der Waals surface area contributed by atoms with Crippen LogP contribution < -0.4 is 0 Å². The van der Waals surface area contributed by atoms with Crippen molar-refractivity contribution >= 4 is 22.9 Å². The Morgan fingerprint density at radius 3 is 2.94 bits per heavy atom. The third-order valence-corrected chi connectivity index (χ3v) is 2.75. The van der Waals surface area contributed by atoms with Crippen molar-refractivity contribution in [3.8, 4) is 0 Å². The first-order valence-electron chi connectivity index (χ1n) is 5.48. The Kier molecular flexibility index (Phi) is 3.27. The molecule has 0 atom stereocenters. The van der Waals surface area contributed by atoms with E-state index in [1.165, 1.54) is 11.9 Å². The van der Waals surface area contributed by atoms with E-state index in [4.69, 9.17) is 5.11 Å². The molecule has 0 saturated heterocycles. The van der Waals surface area contributed by atoms with Crippen molar-refractivity contribution in [1.29, 1.82) is 0 Å². The Hall–Kier alpha value is -2.37. The average molecular weight is 247 g/mol. The highest BCUT2D eigenvalue weighted by Crippen LogP contribution is 2.12. The number of benzene rings is 1. The number of nitrogens with one attached hydrogen (secondary N) is 1. The number of imidazole rings is 1. The second-order valence-corrected chi connectivity index (χ2v) is 4.04. The summed E-state index contributed by atoms with van der Waals surface area (Å²) in [7, 11) is 1.48. The van der Waals surface area contributed by atoms with Gasteiger partial charge in [-0.05, 0) is 24.1 Å². The number of amides is 1. The molecule has 0 bridgehead atoms. The van der Waals surface area contributed by atoms with Crippen molar-refractivity contribution in [3.63, 3.8) is 0 Å². The van der Waals surface area contributed by atoms with Crippen molar-refractivity contribution in [2.75, 3.05) is 13.6 Å². The number of likely N-dealkylation sites (N-methyl/N-ethyl adjacent to an activating group) is 1. The number of carboxylic acids is 1. The molecule has 2 aromatic rings. The Labute approximate surface area is 103 Å². The molecule has 2 N–H and O–H groups in total.